The summed E-state index contributed by atoms with van der Waals surface area (Å²) in [6.07, 6.45) is 11.6. The molecule has 0 spiro atoms. The van der Waals surface area contributed by atoms with Crippen LogP contribution in [-0.2, 0) is 0 Å². The second-order valence-electron chi connectivity index (χ2n) is 5.65. The summed E-state index contributed by atoms with van der Waals surface area (Å²) in [5.74, 6) is 0.945. The maximum absolute atomic E-state index is 3.58. The van der Waals surface area contributed by atoms with Crippen molar-refractivity contribution in [3.63, 3.8) is 0 Å². The number of piperidine rings is 1. The van der Waals surface area contributed by atoms with Crippen LogP contribution in [0.25, 0.3) is 0 Å². The average molecular weight is 224 g/mol. The summed E-state index contributed by atoms with van der Waals surface area (Å²) >= 11 is 0. The van der Waals surface area contributed by atoms with Gasteiger partial charge in [-0.3, -0.25) is 0 Å². The van der Waals surface area contributed by atoms with E-state index in [1.807, 2.05) is 0 Å². The zero-order chi connectivity index (χ0) is 11.2. The molecule has 16 heavy (non-hydrogen) atoms. The third-order valence-corrected chi connectivity index (χ3v) is 4.49. The van der Waals surface area contributed by atoms with Gasteiger partial charge in [0, 0.05) is 12.6 Å². The topological polar surface area (TPSA) is 15.3 Å². The Hall–Kier alpha value is -0.0800. The van der Waals surface area contributed by atoms with Gasteiger partial charge in [-0.15, -0.1) is 0 Å². The van der Waals surface area contributed by atoms with Crippen LogP contribution >= 0.6 is 0 Å². The van der Waals surface area contributed by atoms with Crippen LogP contribution in [0.3, 0.4) is 0 Å². The molecule has 1 aliphatic carbocycles. The first-order valence-corrected chi connectivity index (χ1v) is 7.30. The highest BCUT2D eigenvalue weighted by molar-refractivity contribution is 4.82. The molecule has 0 amide bonds. The van der Waals surface area contributed by atoms with Crippen molar-refractivity contribution in [2.75, 3.05) is 26.7 Å². The van der Waals surface area contributed by atoms with Gasteiger partial charge in [0.2, 0.25) is 0 Å². The molecule has 0 aromatic carbocycles. The van der Waals surface area contributed by atoms with Crippen LogP contribution in [0.15, 0.2) is 0 Å². The normalized spacial score (nSPS) is 26.8. The highest BCUT2D eigenvalue weighted by Gasteiger charge is 2.24. The van der Waals surface area contributed by atoms with Gasteiger partial charge < -0.3 is 10.2 Å². The number of nitrogens with zero attached hydrogens (tertiary/aromatic N) is 1. The highest BCUT2D eigenvalue weighted by Crippen LogP contribution is 2.27. The third kappa shape index (κ3) is 3.46. The lowest BCUT2D eigenvalue weighted by atomic mass is 9.83. The van der Waals surface area contributed by atoms with E-state index in [2.05, 4.69) is 17.3 Å². The Morgan fingerprint density at radius 2 is 1.62 bits per heavy atom. The zero-order valence-corrected chi connectivity index (χ0v) is 10.9. The first-order valence-electron chi connectivity index (χ1n) is 7.30. The van der Waals surface area contributed by atoms with E-state index >= 15 is 0 Å². The molecule has 1 saturated heterocycles. The van der Waals surface area contributed by atoms with Crippen LogP contribution in [0.2, 0.25) is 0 Å². The molecule has 2 nitrogen and oxygen atoms in total. The van der Waals surface area contributed by atoms with E-state index < -0.39 is 0 Å². The minimum Gasteiger partial charge on any atom is -0.315 e. The Morgan fingerprint density at radius 3 is 2.25 bits per heavy atom. The first-order chi connectivity index (χ1) is 7.90. The van der Waals surface area contributed by atoms with E-state index in [0.717, 1.165) is 12.0 Å². The predicted molar refractivity (Wildman–Crippen MR) is 69.7 cm³/mol. The van der Waals surface area contributed by atoms with Crippen molar-refractivity contribution in [2.45, 2.75) is 57.4 Å². The Balaban J connectivity index is 1.78. The van der Waals surface area contributed by atoms with Crippen LogP contribution in [0.4, 0.5) is 0 Å². The van der Waals surface area contributed by atoms with E-state index in [9.17, 15) is 0 Å². The summed E-state index contributed by atoms with van der Waals surface area (Å²) in [7, 11) is 2.16. The quantitative estimate of drug-likeness (QED) is 0.790. The maximum Gasteiger partial charge on any atom is 0.0220 e. The lowest BCUT2D eigenvalue weighted by molar-refractivity contribution is 0.167. The molecule has 2 aliphatic rings. The van der Waals surface area contributed by atoms with Gasteiger partial charge in [0.25, 0.3) is 0 Å². The molecule has 2 rings (SSSR count). The van der Waals surface area contributed by atoms with Gasteiger partial charge in [-0.1, -0.05) is 25.7 Å². The fourth-order valence-corrected chi connectivity index (χ4v) is 3.43. The molecule has 1 heterocycles. The van der Waals surface area contributed by atoms with E-state index in [1.54, 1.807) is 0 Å². The van der Waals surface area contributed by atoms with Crippen molar-refractivity contribution in [1.82, 2.24) is 10.2 Å². The summed E-state index contributed by atoms with van der Waals surface area (Å²) < 4.78 is 0. The van der Waals surface area contributed by atoms with Gasteiger partial charge in [0.15, 0.2) is 0 Å². The van der Waals surface area contributed by atoms with Crippen molar-refractivity contribution in [3.8, 4) is 0 Å². The Labute approximate surface area is 101 Å². The van der Waals surface area contributed by atoms with E-state index in [1.165, 1.54) is 71.0 Å². The van der Waals surface area contributed by atoms with Crippen molar-refractivity contribution >= 4 is 0 Å². The monoisotopic (exact) mass is 224 g/mol. The molecule has 2 fully saturated rings. The number of likely N-dealkylation sites (tertiary alicyclic amines) is 1. The molecule has 1 saturated carbocycles. The minimum atomic E-state index is 0.749. The van der Waals surface area contributed by atoms with Crippen molar-refractivity contribution in [2.24, 2.45) is 5.92 Å². The Kier molecular flexibility index (Phi) is 5.11. The molecule has 94 valence electrons. The molecule has 2 heteroatoms. The largest absolute Gasteiger partial charge is 0.315 e. The fourth-order valence-electron chi connectivity index (χ4n) is 3.43. The van der Waals surface area contributed by atoms with Crippen LogP contribution in [-0.4, -0.2) is 37.6 Å². The zero-order valence-electron chi connectivity index (χ0n) is 10.9. The number of hydrogen-bond donors (Lipinski definition) is 1. The van der Waals surface area contributed by atoms with E-state index in [4.69, 9.17) is 0 Å². The first kappa shape index (κ1) is 12.4. The molecular formula is C14H28N2. The Morgan fingerprint density at radius 1 is 1.00 bits per heavy atom. The standard InChI is InChI=1S/C14H28N2/c1-15-14(13-8-4-2-5-9-13)12-16-10-6-3-7-11-16/h13-15H,2-12H2,1H3. The third-order valence-electron chi connectivity index (χ3n) is 4.49. The second kappa shape index (κ2) is 6.61. The molecule has 1 aliphatic heterocycles. The van der Waals surface area contributed by atoms with E-state index in [0.29, 0.717) is 0 Å². The molecule has 0 bridgehead atoms. The summed E-state index contributed by atoms with van der Waals surface area (Å²) in [5.41, 5.74) is 0. The van der Waals surface area contributed by atoms with Gasteiger partial charge in [-0.05, 0) is 51.7 Å². The van der Waals surface area contributed by atoms with E-state index in [-0.39, 0.29) is 0 Å². The van der Waals surface area contributed by atoms with Gasteiger partial charge in [0.05, 0.1) is 0 Å². The van der Waals surface area contributed by atoms with Crippen molar-refractivity contribution in [3.05, 3.63) is 0 Å². The maximum atomic E-state index is 3.58. The average Bonchev–Trinajstić information content (AvgIpc) is 2.38. The molecule has 0 aromatic rings. The van der Waals surface area contributed by atoms with Crippen molar-refractivity contribution in [1.29, 1.82) is 0 Å². The number of hydrogen-bond acceptors (Lipinski definition) is 2. The van der Waals surface area contributed by atoms with Crippen LogP contribution in [0.5, 0.6) is 0 Å². The summed E-state index contributed by atoms with van der Waals surface area (Å²) in [6.45, 7) is 3.97. The van der Waals surface area contributed by atoms with Gasteiger partial charge in [-0.25, -0.2) is 0 Å². The summed E-state index contributed by atoms with van der Waals surface area (Å²) in [5, 5.41) is 3.58. The van der Waals surface area contributed by atoms with Gasteiger partial charge in [-0.2, -0.15) is 0 Å². The second-order valence-corrected chi connectivity index (χ2v) is 5.65. The summed E-state index contributed by atoms with van der Waals surface area (Å²) in [4.78, 5) is 2.68. The number of nitrogens with one attached hydrogen (secondary N) is 1. The van der Waals surface area contributed by atoms with Crippen LogP contribution in [0, 0.1) is 5.92 Å². The molecule has 0 aromatic heterocycles. The van der Waals surface area contributed by atoms with Gasteiger partial charge in [0.1, 0.15) is 0 Å². The Bertz CT molecular complexity index is 181. The molecular weight excluding hydrogens is 196 g/mol. The highest BCUT2D eigenvalue weighted by atomic mass is 15.1. The lowest BCUT2D eigenvalue weighted by Gasteiger charge is -2.35. The van der Waals surface area contributed by atoms with Gasteiger partial charge >= 0.3 is 0 Å². The van der Waals surface area contributed by atoms with Crippen LogP contribution < -0.4 is 5.32 Å². The molecule has 1 atom stereocenters. The minimum absolute atomic E-state index is 0.749. The smallest absolute Gasteiger partial charge is 0.0220 e. The number of likely N-dealkylation sites (N-methyl/N-ethyl adjacent to an activating group) is 1. The fraction of sp³-hybridized carbons (Fsp3) is 1.00. The predicted octanol–water partition coefficient (Wildman–Crippen LogP) is 2.64. The lowest BCUT2D eigenvalue weighted by Crippen LogP contribution is -2.46. The SMILES string of the molecule is CNC(CN1CCCCC1)C1CCCCC1. The molecule has 0 radical (unpaired) electrons. The van der Waals surface area contributed by atoms with Crippen molar-refractivity contribution < 1.29 is 0 Å². The summed E-state index contributed by atoms with van der Waals surface area (Å²) in [6, 6.07) is 0.749. The van der Waals surface area contributed by atoms with Crippen LogP contribution in [0.1, 0.15) is 51.4 Å². The molecule has 1 unspecified atom stereocenters. The number of rotatable bonds is 4. The molecule has 1 N–H and O–H groups in total.